The number of carbonyl (C=O) groups is 3. The standard InChI is InChI=1S/C47H76N7O17P3S/c1-4-5-6-7-8-9-10-11-12-13-14-15-16-17-18-19-20-21-22-23-24-25-26-27-38(56)75-31-30-49-37(55)28-29-50-45(59)42(58)47(2,3)33-68-74(65,66)71-73(63,64)67-32-36-41(70-72(60,61)62)40(57)46(69-36)54-35-53-39-43(48)51-34-52-44(39)54/h8-9,11-12,14-15,17-18,20-21,34-36,40-42,46,57-58H,4-7,10,13,16,19,22-33H2,1-3H3,(H,49,55)(H,50,59)(H,63,64)(H,65,66)(H2,48,51,52)(H2,60,61,62)/b9-8-,12-11-,15-14-,18-17-,21-20-/t36-,40-,41-,42+,46-/m1/s1. The summed E-state index contributed by atoms with van der Waals surface area (Å²) in [6.45, 7) is 2.75. The Balaban J connectivity index is 1.24. The molecule has 0 spiro atoms. The Hall–Kier alpha value is -3.74. The van der Waals surface area contributed by atoms with Crippen LogP contribution in [-0.4, -0.2) is 123 Å². The van der Waals surface area contributed by atoms with Crippen LogP contribution in [0.3, 0.4) is 0 Å². The summed E-state index contributed by atoms with van der Waals surface area (Å²) in [7, 11) is -16.4. The molecule has 7 atom stereocenters. The summed E-state index contributed by atoms with van der Waals surface area (Å²) in [4.78, 5) is 88.6. The highest BCUT2D eigenvalue weighted by atomic mass is 32.2. The van der Waals surface area contributed by atoms with Crippen LogP contribution in [0.5, 0.6) is 0 Å². The van der Waals surface area contributed by atoms with Gasteiger partial charge in [0.25, 0.3) is 0 Å². The number of imidazole rings is 1. The van der Waals surface area contributed by atoms with E-state index < -0.39 is 84.6 Å². The molecule has 10 N–H and O–H groups in total. The van der Waals surface area contributed by atoms with Crippen LogP contribution in [-0.2, 0) is 50.7 Å². The van der Waals surface area contributed by atoms with Crippen LogP contribution >= 0.6 is 35.2 Å². The number of hydrogen-bond acceptors (Lipinski definition) is 18. The number of nitrogens with one attached hydrogen (secondary N) is 2. The van der Waals surface area contributed by atoms with E-state index in [1.807, 2.05) is 0 Å². The van der Waals surface area contributed by atoms with Crippen molar-refractivity contribution >= 4 is 69.1 Å². The predicted molar refractivity (Wildman–Crippen MR) is 283 cm³/mol. The summed E-state index contributed by atoms with van der Waals surface area (Å²) in [5.41, 5.74) is 4.28. The number of thioether (sulfide) groups is 1. The molecule has 0 radical (unpaired) electrons. The minimum Gasteiger partial charge on any atom is -0.386 e. The summed E-state index contributed by atoms with van der Waals surface area (Å²) in [5.74, 6) is -1.06. The molecule has 0 bridgehead atoms. The van der Waals surface area contributed by atoms with Crippen molar-refractivity contribution in [2.75, 3.05) is 37.8 Å². The average Bonchev–Trinajstić information content (AvgIpc) is 3.91. The van der Waals surface area contributed by atoms with Gasteiger partial charge in [0, 0.05) is 37.1 Å². The van der Waals surface area contributed by atoms with Gasteiger partial charge in [-0.05, 0) is 57.8 Å². The Morgan fingerprint density at radius 2 is 1.40 bits per heavy atom. The lowest BCUT2D eigenvalue weighted by Gasteiger charge is -2.30. The van der Waals surface area contributed by atoms with E-state index >= 15 is 0 Å². The predicted octanol–water partition coefficient (Wildman–Crippen LogP) is 6.93. The van der Waals surface area contributed by atoms with E-state index in [0.717, 1.165) is 86.8 Å². The van der Waals surface area contributed by atoms with E-state index in [2.05, 4.69) is 102 Å². The number of phosphoric acid groups is 3. The maximum atomic E-state index is 12.8. The number of nitrogens with two attached hydrogens (primary N) is 1. The molecule has 1 aliphatic heterocycles. The maximum Gasteiger partial charge on any atom is 0.481 e. The van der Waals surface area contributed by atoms with E-state index in [4.69, 9.17) is 19.5 Å². The van der Waals surface area contributed by atoms with Crippen molar-refractivity contribution < 1.29 is 80.5 Å². The number of anilines is 1. The SMILES string of the molecule is CCCCC/C=C\C/C=C\C/C=C\C/C=C\C/C=C\CCCCCCC(=O)SCCNC(=O)CCNC(=O)[C@H](O)C(C)(C)COP(=O)(O)OP(=O)(O)OC[C@H]1O[C@@H](n2cnc3c(N)ncnc32)[C@H](O)[C@@H]1OP(=O)(O)O. The topological polar surface area (TPSA) is 364 Å². The minimum atomic E-state index is -5.58. The van der Waals surface area contributed by atoms with E-state index in [-0.39, 0.29) is 41.6 Å². The molecular formula is C47H76N7O17P3S. The molecule has 2 aromatic rings. The van der Waals surface area contributed by atoms with Crippen LogP contribution in [0.2, 0.25) is 0 Å². The van der Waals surface area contributed by atoms with Gasteiger partial charge in [-0.2, -0.15) is 4.31 Å². The minimum absolute atomic E-state index is 0.0310. The average molecular weight is 1140 g/mol. The Morgan fingerprint density at radius 1 is 0.813 bits per heavy atom. The van der Waals surface area contributed by atoms with Crippen LogP contribution < -0.4 is 16.4 Å². The third-order valence-electron chi connectivity index (χ3n) is 11.2. The number of carbonyl (C=O) groups excluding carboxylic acids is 3. The Morgan fingerprint density at radius 3 is 2.01 bits per heavy atom. The number of fused-ring (bicyclic) bond motifs is 1. The summed E-state index contributed by atoms with van der Waals surface area (Å²) in [5, 5.41) is 26.7. The number of rotatable bonds is 38. The van der Waals surface area contributed by atoms with Crippen molar-refractivity contribution in [2.24, 2.45) is 5.41 Å². The number of aliphatic hydroxyl groups excluding tert-OH is 2. The summed E-state index contributed by atoms with van der Waals surface area (Å²) in [6.07, 6.45) is 29.2. The third-order valence-corrected chi connectivity index (χ3v) is 15.2. The fraction of sp³-hybridized carbons (Fsp3) is 0.617. The second kappa shape index (κ2) is 34.2. The number of unbranched alkanes of at least 4 members (excludes halogenated alkanes) is 7. The number of ether oxygens (including phenoxy) is 1. The highest BCUT2D eigenvalue weighted by Gasteiger charge is 2.50. The molecule has 75 heavy (non-hydrogen) atoms. The molecule has 28 heteroatoms. The summed E-state index contributed by atoms with van der Waals surface area (Å²) < 4.78 is 62.5. The highest BCUT2D eigenvalue weighted by Crippen LogP contribution is 2.61. The lowest BCUT2D eigenvalue weighted by atomic mass is 9.87. The zero-order chi connectivity index (χ0) is 55.3. The molecular weight excluding hydrogens is 1060 g/mol. The van der Waals surface area contributed by atoms with Crippen LogP contribution in [0.1, 0.15) is 123 Å². The number of aliphatic hydroxyl groups is 2. The molecule has 0 saturated carbocycles. The van der Waals surface area contributed by atoms with Crippen molar-refractivity contribution in [2.45, 2.75) is 148 Å². The zero-order valence-corrected chi connectivity index (χ0v) is 46.2. The van der Waals surface area contributed by atoms with Crippen LogP contribution in [0.25, 0.3) is 11.2 Å². The van der Waals surface area contributed by atoms with Crippen molar-refractivity contribution in [3.63, 3.8) is 0 Å². The monoisotopic (exact) mass is 1140 g/mol. The van der Waals surface area contributed by atoms with Gasteiger partial charge >= 0.3 is 23.5 Å². The molecule has 1 aliphatic rings. The number of aromatic nitrogens is 4. The van der Waals surface area contributed by atoms with Crippen molar-refractivity contribution in [3.05, 3.63) is 73.4 Å². The van der Waals surface area contributed by atoms with Crippen LogP contribution in [0.15, 0.2) is 73.4 Å². The second-order valence-corrected chi connectivity index (χ2v) is 23.4. The van der Waals surface area contributed by atoms with E-state index in [1.165, 1.54) is 39.5 Å². The fourth-order valence-corrected chi connectivity index (χ4v) is 10.6. The molecule has 2 amide bonds. The van der Waals surface area contributed by atoms with E-state index in [0.29, 0.717) is 12.2 Å². The first-order valence-corrected chi connectivity index (χ1v) is 30.4. The Kier molecular flexibility index (Phi) is 29.9. The van der Waals surface area contributed by atoms with Gasteiger partial charge in [0.05, 0.1) is 19.5 Å². The van der Waals surface area contributed by atoms with E-state index in [1.54, 1.807) is 0 Å². The molecule has 422 valence electrons. The Labute approximate surface area is 442 Å². The van der Waals surface area contributed by atoms with Gasteiger partial charge in [0.2, 0.25) is 11.8 Å². The van der Waals surface area contributed by atoms with Gasteiger partial charge in [-0.25, -0.2) is 28.6 Å². The van der Waals surface area contributed by atoms with Gasteiger partial charge in [-0.3, -0.25) is 32.5 Å². The first-order valence-electron chi connectivity index (χ1n) is 24.9. The fourth-order valence-electron chi connectivity index (χ4n) is 7.08. The smallest absolute Gasteiger partial charge is 0.386 e. The third kappa shape index (κ3) is 26.4. The van der Waals surface area contributed by atoms with Crippen molar-refractivity contribution in [1.82, 2.24) is 30.2 Å². The van der Waals surface area contributed by atoms with E-state index in [9.17, 15) is 57.9 Å². The molecule has 3 heterocycles. The molecule has 2 aromatic heterocycles. The van der Waals surface area contributed by atoms with Gasteiger partial charge in [0.1, 0.15) is 36.3 Å². The van der Waals surface area contributed by atoms with Crippen molar-refractivity contribution in [1.29, 1.82) is 0 Å². The molecule has 1 fully saturated rings. The normalized spacial score (nSPS) is 19.7. The molecule has 24 nitrogen and oxygen atoms in total. The van der Waals surface area contributed by atoms with Gasteiger partial charge in [0.15, 0.2) is 22.8 Å². The van der Waals surface area contributed by atoms with Gasteiger partial charge < -0.3 is 50.9 Å². The van der Waals surface area contributed by atoms with Crippen LogP contribution in [0, 0.1) is 5.41 Å². The molecule has 0 aromatic carbocycles. The molecule has 2 unspecified atom stereocenters. The number of amides is 2. The van der Waals surface area contributed by atoms with Crippen LogP contribution in [0.4, 0.5) is 5.82 Å². The quantitative estimate of drug-likeness (QED) is 0.0187. The van der Waals surface area contributed by atoms with Gasteiger partial charge in [-0.1, -0.05) is 119 Å². The number of phosphoric ester groups is 3. The first-order chi connectivity index (χ1) is 35.6. The second-order valence-electron chi connectivity index (χ2n) is 18.0. The lowest BCUT2D eigenvalue weighted by molar-refractivity contribution is -0.137. The number of hydrogen-bond donors (Lipinski definition) is 9. The highest BCUT2D eigenvalue weighted by molar-refractivity contribution is 8.13. The molecule has 0 aliphatic carbocycles. The molecule has 1 saturated heterocycles. The van der Waals surface area contributed by atoms with Gasteiger partial charge in [-0.15, -0.1) is 0 Å². The Bertz CT molecular complexity index is 2380. The molecule has 3 rings (SSSR count). The summed E-state index contributed by atoms with van der Waals surface area (Å²) in [6, 6.07) is 0. The lowest BCUT2D eigenvalue weighted by Crippen LogP contribution is -2.46. The largest absolute Gasteiger partial charge is 0.481 e. The number of allylic oxidation sites excluding steroid dienone is 10. The zero-order valence-electron chi connectivity index (χ0n) is 42.7. The number of nitrogens with zero attached hydrogens (tertiary/aromatic N) is 4. The number of nitrogen functional groups attached to an aromatic ring is 1. The van der Waals surface area contributed by atoms with Crippen molar-refractivity contribution in [3.8, 4) is 0 Å². The maximum absolute atomic E-state index is 12.8. The first kappa shape index (κ1) is 65.5. The summed E-state index contributed by atoms with van der Waals surface area (Å²) >= 11 is 1.14.